The molecule has 0 aliphatic rings. The molecule has 0 radical (unpaired) electrons. The molecule has 126 valence electrons. The molecule has 0 aromatic heterocycles. The van der Waals surface area contributed by atoms with E-state index in [1.165, 1.54) is 9.87 Å². The molecular weight excluding hydrogens is 298 g/mol. The number of hydrogen-bond acceptors (Lipinski definition) is 3. The highest BCUT2D eigenvalue weighted by Crippen LogP contribution is 2.15. The Hall–Kier alpha value is -1.11. The van der Waals surface area contributed by atoms with E-state index in [2.05, 4.69) is 48.6 Å². The summed E-state index contributed by atoms with van der Waals surface area (Å²) in [6, 6.07) is 8.25. The summed E-state index contributed by atoms with van der Waals surface area (Å²) in [4.78, 5) is 2.17. The van der Waals surface area contributed by atoms with Crippen molar-refractivity contribution < 1.29 is 8.42 Å². The van der Waals surface area contributed by atoms with E-state index < -0.39 is 10.2 Å². The second kappa shape index (κ2) is 9.12. The molecular formula is C16H29N3O2S. The number of likely N-dealkylation sites (N-methyl/N-ethyl adjacent to an activating group) is 1. The Bertz CT molecular complexity index is 546. The topological polar surface area (TPSA) is 52.7 Å². The van der Waals surface area contributed by atoms with Gasteiger partial charge in [0, 0.05) is 38.9 Å². The van der Waals surface area contributed by atoms with Gasteiger partial charge in [0.05, 0.1) is 0 Å². The molecule has 0 aliphatic carbocycles. The molecule has 6 heteroatoms. The fourth-order valence-electron chi connectivity index (χ4n) is 2.22. The lowest BCUT2D eigenvalue weighted by Gasteiger charge is -2.24. The summed E-state index contributed by atoms with van der Waals surface area (Å²) < 4.78 is 28.2. The Kier molecular flexibility index (Phi) is 7.85. The Morgan fingerprint density at radius 2 is 1.91 bits per heavy atom. The minimum absolute atomic E-state index is 0.403. The van der Waals surface area contributed by atoms with E-state index in [4.69, 9.17) is 0 Å². The van der Waals surface area contributed by atoms with Gasteiger partial charge in [-0.05, 0) is 38.0 Å². The number of benzene rings is 1. The zero-order valence-corrected chi connectivity index (χ0v) is 15.0. The van der Waals surface area contributed by atoms with Crippen molar-refractivity contribution in [3.05, 3.63) is 29.8 Å². The quantitative estimate of drug-likeness (QED) is 0.718. The maximum absolute atomic E-state index is 12.1. The molecule has 0 saturated carbocycles. The van der Waals surface area contributed by atoms with Gasteiger partial charge in [-0.1, -0.05) is 25.5 Å². The van der Waals surface area contributed by atoms with E-state index in [-0.39, 0.29) is 0 Å². The maximum atomic E-state index is 12.1. The van der Waals surface area contributed by atoms with Crippen LogP contribution in [0.4, 0.5) is 5.69 Å². The maximum Gasteiger partial charge on any atom is 0.279 e. The van der Waals surface area contributed by atoms with Gasteiger partial charge in [-0.25, -0.2) is 4.72 Å². The molecule has 0 bridgehead atoms. The second-order valence-electron chi connectivity index (χ2n) is 5.49. The smallest absolute Gasteiger partial charge is 0.279 e. The minimum Gasteiger partial charge on any atom is -0.370 e. The predicted molar refractivity (Wildman–Crippen MR) is 93.5 cm³/mol. The number of anilines is 1. The lowest BCUT2D eigenvalue weighted by Crippen LogP contribution is -2.42. The molecule has 1 N–H and O–H groups in total. The number of hydrogen-bond donors (Lipinski definition) is 1. The lowest BCUT2D eigenvalue weighted by atomic mass is 10.2. The summed E-state index contributed by atoms with van der Waals surface area (Å²) in [5, 5.41) is 0. The van der Waals surface area contributed by atoms with Crippen molar-refractivity contribution in [3.63, 3.8) is 0 Å². The van der Waals surface area contributed by atoms with Crippen LogP contribution in [-0.4, -0.2) is 45.9 Å². The summed E-state index contributed by atoms with van der Waals surface area (Å²) in [7, 11) is -1.75. The number of nitrogens with zero attached hydrogens (tertiary/aromatic N) is 2. The average Bonchev–Trinajstić information content (AvgIpc) is 2.49. The first kappa shape index (κ1) is 18.9. The predicted octanol–water partition coefficient (Wildman–Crippen LogP) is 2.39. The van der Waals surface area contributed by atoms with Crippen molar-refractivity contribution in [3.8, 4) is 0 Å². The Morgan fingerprint density at radius 1 is 1.18 bits per heavy atom. The van der Waals surface area contributed by atoms with Gasteiger partial charge in [-0.3, -0.25) is 0 Å². The summed E-state index contributed by atoms with van der Waals surface area (Å²) >= 11 is 0. The van der Waals surface area contributed by atoms with Crippen LogP contribution in [0.2, 0.25) is 0 Å². The van der Waals surface area contributed by atoms with Crippen molar-refractivity contribution >= 4 is 15.9 Å². The van der Waals surface area contributed by atoms with Crippen LogP contribution in [0.15, 0.2) is 24.3 Å². The molecule has 5 nitrogen and oxygen atoms in total. The van der Waals surface area contributed by atoms with Crippen molar-refractivity contribution in [1.82, 2.24) is 9.03 Å². The van der Waals surface area contributed by atoms with Gasteiger partial charge in [-0.15, -0.1) is 0 Å². The first-order valence-electron chi connectivity index (χ1n) is 7.93. The van der Waals surface area contributed by atoms with Gasteiger partial charge in [0.1, 0.15) is 0 Å². The number of unbranched alkanes of at least 4 members (excludes halogenated alkanes) is 1. The zero-order chi connectivity index (χ0) is 16.6. The van der Waals surface area contributed by atoms with Gasteiger partial charge in [0.15, 0.2) is 0 Å². The molecule has 1 rings (SSSR count). The Balaban J connectivity index is 2.54. The summed E-state index contributed by atoms with van der Waals surface area (Å²) in [6.07, 6.45) is 1.86. The fourth-order valence-corrected chi connectivity index (χ4v) is 3.15. The summed E-state index contributed by atoms with van der Waals surface area (Å²) in [5.74, 6) is 0. The van der Waals surface area contributed by atoms with Crippen molar-refractivity contribution in [2.24, 2.45) is 0 Å². The average molecular weight is 327 g/mol. The molecule has 0 fully saturated rings. The van der Waals surface area contributed by atoms with Crippen LogP contribution in [0.5, 0.6) is 0 Å². The van der Waals surface area contributed by atoms with E-state index in [9.17, 15) is 8.42 Å². The van der Waals surface area contributed by atoms with Crippen molar-refractivity contribution in [2.45, 2.75) is 33.6 Å². The van der Waals surface area contributed by atoms with Gasteiger partial charge < -0.3 is 4.90 Å². The van der Waals surface area contributed by atoms with E-state index >= 15 is 0 Å². The highest BCUT2D eigenvalue weighted by Gasteiger charge is 2.16. The zero-order valence-electron chi connectivity index (χ0n) is 14.2. The largest absolute Gasteiger partial charge is 0.370 e. The molecule has 1 aromatic carbocycles. The summed E-state index contributed by atoms with van der Waals surface area (Å²) in [6.45, 7) is 8.64. The van der Waals surface area contributed by atoms with Crippen LogP contribution in [0.1, 0.15) is 32.3 Å². The third kappa shape index (κ3) is 5.94. The SMILES string of the molecule is CCCCN(C)S(=O)(=O)NCCN(CC)c1cccc(C)c1. The van der Waals surface area contributed by atoms with Crippen LogP contribution >= 0.6 is 0 Å². The van der Waals surface area contributed by atoms with Crippen LogP contribution < -0.4 is 9.62 Å². The Morgan fingerprint density at radius 3 is 2.50 bits per heavy atom. The van der Waals surface area contributed by atoms with Gasteiger partial charge in [-0.2, -0.15) is 12.7 Å². The van der Waals surface area contributed by atoms with E-state index in [0.717, 1.165) is 25.1 Å². The van der Waals surface area contributed by atoms with Crippen LogP contribution in [0.3, 0.4) is 0 Å². The van der Waals surface area contributed by atoms with Crippen LogP contribution in [-0.2, 0) is 10.2 Å². The molecule has 0 aliphatic heterocycles. The molecule has 0 unspecified atom stereocenters. The molecule has 0 spiro atoms. The van der Waals surface area contributed by atoms with E-state index in [1.807, 2.05) is 6.07 Å². The molecule has 0 amide bonds. The van der Waals surface area contributed by atoms with Crippen molar-refractivity contribution in [2.75, 3.05) is 38.1 Å². The second-order valence-corrected chi connectivity index (χ2v) is 7.36. The molecule has 0 atom stereocenters. The van der Waals surface area contributed by atoms with Crippen molar-refractivity contribution in [1.29, 1.82) is 0 Å². The standard InChI is InChI=1S/C16H29N3O2S/c1-5-7-12-18(4)22(20,21)17-11-13-19(6-2)16-10-8-9-15(3)14-16/h8-10,14,17H,5-7,11-13H2,1-4H3. The number of aryl methyl sites for hydroxylation is 1. The molecule has 22 heavy (non-hydrogen) atoms. The van der Waals surface area contributed by atoms with Crippen LogP contribution in [0.25, 0.3) is 0 Å². The summed E-state index contributed by atoms with van der Waals surface area (Å²) in [5.41, 5.74) is 2.33. The van der Waals surface area contributed by atoms with Gasteiger partial charge >= 0.3 is 0 Å². The first-order valence-corrected chi connectivity index (χ1v) is 9.37. The van der Waals surface area contributed by atoms with Crippen LogP contribution in [0, 0.1) is 6.92 Å². The van der Waals surface area contributed by atoms with E-state index in [0.29, 0.717) is 19.6 Å². The molecule has 0 heterocycles. The monoisotopic (exact) mass is 327 g/mol. The van der Waals surface area contributed by atoms with E-state index in [1.54, 1.807) is 7.05 Å². The fraction of sp³-hybridized carbons (Fsp3) is 0.625. The number of nitrogens with one attached hydrogen (secondary N) is 1. The third-order valence-corrected chi connectivity index (χ3v) is 5.22. The molecule has 1 aromatic rings. The highest BCUT2D eigenvalue weighted by molar-refractivity contribution is 7.87. The first-order chi connectivity index (χ1) is 10.4. The van der Waals surface area contributed by atoms with Gasteiger partial charge in [0.2, 0.25) is 0 Å². The Labute approximate surface area is 135 Å². The normalized spacial score (nSPS) is 11.9. The van der Waals surface area contributed by atoms with Gasteiger partial charge in [0.25, 0.3) is 10.2 Å². The lowest BCUT2D eigenvalue weighted by molar-refractivity contribution is 0.449. The third-order valence-electron chi connectivity index (χ3n) is 3.65. The number of rotatable bonds is 10. The molecule has 0 saturated heterocycles. The minimum atomic E-state index is -3.37. The highest BCUT2D eigenvalue weighted by atomic mass is 32.2.